The van der Waals surface area contributed by atoms with Crippen molar-refractivity contribution in [3.05, 3.63) is 100 Å². The first-order chi connectivity index (χ1) is 16.7. The van der Waals surface area contributed by atoms with Crippen molar-refractivity contribution in [2.75, 3.05) is 7.05 Å². The van der Waals surface area contributed by atoms with E-state index in [9.17, 15) is 4.79 Å². The fourth-order valence-electron chi connectivity index (χ4n) is 4.07. The molecule has 8 heteroatoms. The molecule has 0 aliphatic carbocycles. The maximum atomic E-state index is 13.1. The highest BCUT2D eigenvalue weighted by molar-refractivity contribution is 5.97. The molecule has 0 spiro atoms. The summed E-state index contributed by atoms with van der Waals surface area (Å²) in [6.07, 6.45) is 1.57. The number of fused-ring (bicyclic) bond motifs is 1. The van der Waals surface area contributed by atoms with Gasteiger partial charge >= 0.3 is 0 Å². The molecule has 0 saturated carbocycles. The molecule has 0 saturated heterocycles. The minimum atomic E-state index is -0.0830. The molecule has 0 fully saturated rings. The fraction of sp³-hybridized carbons (Fsp3) is 0.214. The Kier molecular flexibility index (Phi) is 7.89. The van der Waals surface area contributed by atoms with E-state index >= 15 is 0 Å². The van der Waals surface area contributed by atoms with Crippen LogP contribution in [0.3, 0.4) is 0 Å². The normalized spacial score (nSPS) is 10.6. The number of imidazole rings is 1. The average molecular weight is 484 g/mol. The van der Waals surface area contributed by atoms with Crippen molar-refractivity contribution in [3.63, 3.8) is 0 Å². The van der Waals surface area contributed by atoms with E-state index < -0.39 is 0 Å². The van der Waals surface area contributed by atoms with Gasteiger partial charge in [-0.15, -0.1) is 0 Å². The van der Waals surface area contributed by atoms with Gasteiger partial charge in [-0.3, -0.25) is 15.6 Å². The zero-order chi connectivity index (χ0) is 25.1. The second-order valence-electron chi connectivity index (χ2n) is 8.67. The molecule has 0 atom stereocenters. The molecule has 6 N–H and O–H groups in total. The monoisotopic (exact) mass is 483 g/mol. The van der Waals surface area contributed by atoms with Gasteiger partial charge in [-0.25, -0.2) is 4.98 Å². The van der Waals surface area contributed by atoms with E-state index in [1.165, 1.54) is 0 Å². The second-order valence-corrected chi connectivity index (χ2v) is 8.67. The Labute approximate surface area is 211 Å². The number of nitrogen functional groups attached to an aromatic ring is 2. The van der Waals surface area contributed by atoms with Crippen LogP contribution in [0, 0.1) is 10.8 Å². The quantitative estimate of drug-likeness (QED) is 0.223. The predicted octanol–water partition coefficient (Wildman–Crippen LogP) is 3.83. The lowest BCUT2D eigenvalue weighted by atomic mass is 10.1. The largest absolute Gasteiger partial charge is 0.384 e. The Morgan fingerprint density at radius 1 is 0.861 bits per heavy atom. The van der Waals surface area contributed by atoms with E-state index in [1.54, 1.807) is 24.1 Å². The number of rotatable bonds is 8. The van der Waals surface area contributed by atoms with Crippen LogP contribution in [-0.4, -0.2) is 39.1 Å². The van der Waals surface area contributed by atoms with Gasteiger partial charge in [0, 0.05) is 43.8 Å². The van der Waals surface area contributed by atoms with Crippen molar-refractivity contribution in [1.29, 1.82) is 10.8 Å². The van der Waals surface area contributed by atoms with E-state index in [1.807, 2.05) is 61.6 Å². The summed E-state index contributed by atoms with van der Waals surface area (Å²) >= 11 is 0. The van der Waals surface area contributed by atoms with Crippen LogP contribution in [0.5, 0.6) is 0 Å². The molecule has 0 bridgehead atoms. The van der Waals surface area contributed by atoms with Crippen molar-refractivity contribution in [2.45, 2.75) is 26.8 Å². The lowest BCUT2D eigenvalue weighted by molar-refractivity contribution is 0.0785. The molecule has 3 aromatic carbocycles. The SMILES string of the molecule is C.CN(Cc1ccc(C(=N)N)cc1)C(=O)c1ccc2c(c1)nc(CCc1ccc(C(=N)N)cc1)n2C. The number of hydrogen-bond donors (Lipinski definition) is 4. The molecule has 4 rings (SSSR count). The summed E-state index contributed by atoms with van der Waals surface area (Å²) in [5, 5.41) is 15.0. The Morgan fingerprint density at radius 3 is 1.94 bits per heavy atom. The average Bonchev–Trinajstić information content (AvgIpc) is 3.17. The molecule has 1 heterocycles. The molecule has 8 nitrogen and oxygen atoms in total. The van der Waals surface area contributed by atoms with Crippen LogP contribution >= 0.6 is 0 Å². The molecule has 0 radical (unpaired) electrons. The first kappa shape index (κ1) is 26.2. The van der Waals surface area contributed by atoms with Crippen molar-refractivity contribution in [3.8, 4) is 0 Å². The van der Waals surface area contributed by atoms with Crippen LogP contribution in [-0.2, 0) is 26.4 Å². The van der Waals surface area contributed by atoms with Gasteiger partial charge in [-0.05, 0) is 35.7 Å². The Hall–Kier alpha value is -4.46. The van der Waals surface area contributed by atoms with Gasteiger partial charge in [0.25, 0.3) is 5.91 Å². The number of aryl methyl sites for hydroxylation is 3. The van der Waals surface area contributed by atoms with Crippen LogP contribution in [0.25, 0.3) is 11.0 Å². The van der Waals surface area contributed by atoms with Crippen molar-refractivity contribution in [2.24, 2.45) is 18.5 Å². The first-order valence-corrected chi connectivity index (χ1v) is 11.3. The van der Waals surface area contributed by atoms with E-state index in [-0.39, 0.29) is 25.0 Å². The third-order valence-electron chi connectivity index (χ3n) is 6.15. The van der Waals surface area contributed by atoms with Gasteiger partial charge < -0.3 is 20.9 Å². The van der Waals surface area contributed by atoms with Gasteiger partial charge in [0.05, 0.1) is 11.0 Å². The van der Waals surface area contributed by atoms with E-state index in [2.05, 4.69) is 4.57 Å². The maximum Gasteiger partial charge on any atom is 0.253 e. The third-order valence-corrected chi connectivity index (χ3v) is 6.15. The lowest BCUT2D eigenvalue weighted by Gasteiger charge is -2.17. The minimum absolute atomic E-state index is 0. The smallest absolute Gasteiger partial charge is 0.253 e. The number of nitrogens with one attached hydrogen (secondary N) is 2. The summed E-state index contributed by atoms with van der Waals surface area (Å²) in [6, 6.07) is 20.6. The number of nitrogens with zero attached hydrogens (tertiary/aromatic N) is 3. The topological polar surface area (TPSA) is 138 Å². The van der Waals surface area contributed by atoms with Gasteiger partial charge in [0.15, 0.2) is 0 Å². The van der Waals surface area contributed by atoms with Gasteiger partial charge in [-0.1, -0.05) is 56.0 Å². The van der Waals surface area contributed by atoms with Crippen LogP contribution in [0.4, 0.5) is 0 Å². The van der Waals surface area contributed by atoms with E-state index in [4.69, 9.17) is 27.3 Å². The zero-order valence-electron chi connectivity index (χ0n) is 19.9. The number of carbonyl (C=O) groups excluding carboxylic acids is 1. The van der Waals surface area contributed by atoms with Gasteiger partial charge in [0.2, 0.25) is 0 Å². The Balaban J connectivity index is 0.00000361. The summed E-state index contributed by atoms with van der Waals surface area (Å²) in [5.74, 6) is 0.947. The summed E-state index contributed by atoms with van der Waals surface area (Å²) in [4.78, 5) is 19.5. The van der Waals surface area contributed by atoms with E-state index in [0.29, 0.717) is 23.2 Å². The van der Waals surface area contributed by atoms with Crippen molar-refractivity contribution >= 4 is 28.6 Å². The molecular weight excluding hydrogens is 450 g/mol. The van der Waals surface area contributed by atoms with Gasteiger partial charge in [-0.2, -0.15) is 0 Å². The van der Waals surface area contributed by atoms with E-state index in [0.717, 1.165) is 40.8 Å². The lowest BCUT2D eigenvalue weighted by Crippen LogP contribution is -2.26. The number of nitrogens with two attached hydrogens (primary N) is 2. The number of aromatic nitrogens is 2. The molecule has 186 valence electrons. The standard InChI is InChI=1S/C27H29N7O.CH4/c1-33(16-18-5-10-20(11-6-18)26(30)31)27(35)21-12-13-23-22(15-21)32-24(34(23)2)14-7-17-3-8-19(9-4-17)25(28)29;/h3-6,8-13,15H,7,14,16H2,1-2H3,(H3,28,29)(H3,30,31);1H4. The predicted molar refractivity (Wildman–Crippen MR) is 146 cm³/mol. The van der Waals surface area contributed by atoms with Crippen LogP contribution in [0.15, 0.2) is 66.7 Å². The third kappa shape index (κ3) is 5.60. The fourth-order valence-corrected chi connectivity index (χ4v) is 4.07. The summed E-state index contributed by atoms with van der Waals surface area (Å²) in [6.45, 7) is 0.449. The molecule has 0 unspecified atom stereocenters. The number of amidine groups is 2. The summed E-state index contributed by atoms with van der Waals surface area (Å²) in [5.41, 5.74) is 16.9. The molecule has 1 amide bonds. The number of hydrogen-bond acceptors (Lipinski definition) is 4. The summed E-state index contributed by atoms with van der Waals surface area (Å²) < 4.78 is 2.06. The Bertz CT molecular complexity index is 1400. The number of benzene rings is 3. The maximum absolute atomic E-state index is 13.1. The van der Waals surface area contributed by atoms with Crippen LogP contribution in [0.2, 0.25) is 0 Å². The molecule has 4 aromatic rings. The molecule has 0 aliphatic rings. The highest BCUT2D eigenvalue weighted by atomic mass is 16.2. The highest BCUT2D eigenvalue weighted by Gasteiger charge is 2.15. The van der Waals surface area contributed by atoms with Crippen LogP contribution in [0.1, 0.15) is 45.9 Å². The second kappa shape index (κ2) is 10.9. The molecule has 36 heavy (non-hydrogen) atoms. The number of carbonyl (C=O) groups is 1. The summed E-state index contributed by atoms with van der Waals surface area (Å²) in [7, 11) is 3.76. The first-order valence-electron chi connectivity index (χ1n) is 11.3. The minimum Gasteiger partial charge on any atom is -0.384 e. The van der Waals surface area contributed by atoms with Crippen LogP contribution < -0.4 is 11.5 Å². The molecule has 0 aliphatic heterocycles. The van der Waals surface area contributed by atoms with Crippen molar-refractivity contribution in [1.82, 2.24) is 14.5 Å². The zero-order valence-corrected chi connectivity index (χ0v) is 19.9. The van der Waals surface area contributed by atoms with Gasteiger partial charge in [0.1, 0.15) is 17.5 Å². The Morgan fingerprint density at radius 2 is 1.39 bits per heavy atom. The molecular formula is C28H33N7O. The highest BCUT2D eigenvalue weighted by Crippen LogP contribution is 2.20. The molecule has 1 aromatic heterocycles. The number of amides is 1. The van der Waals surface area contributed by atoms with Crippen molar-refractivity contribution < 1.29 is 4.79 Å².